The summed E-state index contributed by atoms with van der Waals surface area (Å²) in [5.41, 5.74) is 0.200. The molecule has 0 unspecified atom stereocenters. The maximum atomic E-state index is 6.40. The first-order chi connectivity index (χ1) is 11.2. The molecule has 3 fully saturated rings. The number of likely N-dealkylation sites (tertiary alicyclic amines) is 2. The third-order valence-electron chi connectivity index (χ3n) is 6.58. The smallest absolute Gasteiger partial charge is 0.0719 e. The third kappa shape index (κ3) is 4.68. The molecule has 0 radical (unpaired) electrons. The summed E-state index contributed by atoms with van der Waals surface area (Å²) in [5, 5.41) is 0. The van der Waals surface area contributed by atoms with E-state index in [1.165, 1.54) is 84.5 Å². The lowest BCUT2D eigenvalue weighted by molar-refractivity contribution is -0.0771. The van der Waals surface area contributed by atoms with E-state index in [1.807, 2.05) is 0 Å². The van der Waals surface area contributed by atoms with E-state index in [0.29, 0.717) is 0 Å². The Morgan fingerprint density at radius 2 is 1.35 bits per heavy atom. The minimum Gasteiger partial charge on any atom is -0.374 e. The van der Waals surface area contributed by atoms with Gasteiger partial charge in [-0.25, -0.2) is 0 Å². The second-order valence-corrected chi connectivity index (χ2v) is 7.89. The first kappa shape index (κ1) is 17.7. The van der Waals surface area contributed by atoms with Crippen LogP contribution in [0.4, 0.5) is 0 Å². The Labute approximate surface area is 143 Å². The van der Waals surface area contributed by atoms with Gasteiger partial charge in [-0.05, 0) is 64.2 Å². The predicted octanol–water partition coefficient (Wildman–Crippen LogP) is 2.30. The van der Waals surface area contributed by atoms with Crippen LogP contribution in [0.25, 0.3) is 0 Å². The summed E-state index contributed by atoms with van der Waals surface area (Å²) in [6.07, 6.45) is 6.51. The fourth-order valence-corrected chi connectivity index (χ4v) is 4.64. The molecule has 3 heterocycles. The number of hydrogen-bond donors (Lipinski definition) is 0. The topological polar surface area (TPSA) is 19.0 Å². The van der Waals surface area contributed by atoms with E-state index in [2.05, 4.69) is 28.5 Å². The van der Waals surface area contributed by atoms with Gasteiger partial charge in [0.1, 0.15) is 0 Å². The highest BCUT2D eigenvalue weighted by Crippen LogP contribution is 2.32. The van der Waals surface area contributed by atoms with Gasteiger partial charge in [-0.1, -0.05) is 13.8 Å². The van der Waals surface area contributed by atoms with E-state index in [-0.39, 0.29) is 5.60 Å². The minimum absolute atomic E-state index is 0.200. The standard InChI is InChI=1S/C19H37N3O/c1-3-20-10-5-18(6-11-20)17-22-14-9-19(23-16-15-22)7-12-21(4-2)13-8-19/h18H,3-17H2,1-2H3. The average molecular weight is 324 g/mol. The Hall–Kier alpha value is -0.160. The fraction of sp³-hybridized carbons (Fsp3) is 1.00. The van der Waals surface area contributed by atoms with Gasteiger partial charge >= 0.3 is 0 Å². The van der Waals surface area contributed by atoms with Crippen molar-refractivity contribution in [3.8, 4) is 0 Å². The van der Waals surface area contributed by atoms with Crippen LogP contribution in [0.2, 0.25) is 0 Å². The summed E-state index contributed by atoms with van der Waals surface area (Å²) in [4.78, 5) is 7.87. The van der Waals surface area contributed by atoms with Gasteiger partial charge in [0.2, 0.25) is 0 Å². The molecule has 3 aliphatic heterocycles. The largest absolute Gasteiger partial charge is 0.374 e. The summed E-state index contributed by atoms with van der Waals surface area (Å²) < 4.78 is 6.40. The highest BCUT2D eigenvalue weighted by atomic mass is 16.5. The first-order valence-corrected chi connectivity index (χ1v) is 10.0. The van der Waals surface area contributed by atoms with Crippen molar-refractivity contribution in [2.45, 2.75) is 51.6 Å². The molecule has 0 aromatic rings. The molecule has 0 aliphatic carbocycles. The lowest BCUT2D eigenvalue weighted by Gasteiger charge is -2.40. The molecule has 0 saturated carbocycles. The maximum absolute atomic E-state index is 6.40. The molecule has 0 aromatic carbocycles. The fourth-order valence-electron chi connectivity index (χ4n) is 4.64. The Balaban J connectivity index is 1.44. The van der Waals surface area contributed by atoms with Crippen molar-refractivity contribution in [3.05, 3.63) is 0 Å². The van der Waals surface area contributed by atoms with E-state index in [0.717, 1.165) is 19.1 Å². The molecule has 4 nitrogen and oxygen atoms in total. The molecular formula is C19H37N3O. The summed E-state index contributed by atoms with van der Waals surface area (Å²) in [6, 6.07) is 0. The van der Waals surface area contributed by atoms with Crippen molar-refractivity contribution in [2.75, 3.05) is 65.5 Å². The molecule has 0 atom stereocenters. The zero-order chi connectivity index (χ0) is 16.1. The molecule has 0 N–H and O–H groups in total. The van der Waals surface area contributed by atoms with E-state index in [1.54, 1.807) is 0 Å². The zero-order valence-electron chi connectivity index (χ0n) is 15.4. The van der Waals surface area contributed by atoms with Crippen molar-refractivity contribution in [3.63, 3.8) is 0 Å². The minimum atomic E-state index is 0.200. The van der Waals surface area contributed by atoms with Gasteiger partial charge in [0, 0.05) is 32.7 Å². The summed E-state index contributed by atoms with van der Waals surface area (Å²) in [5.74, 6) is 0.911. The lowest BCUT2D eigenvalue weighted by Crippen LogP contribution is -2.46. The van der Waals surface area contributed by atoms with Crippen LogP contribution < -0.4 is 0 Å². The molecule has 4 heteroatoms. The molecule has 23 heavy (non-hydrogen) atoms. The van der Waals surface area contributed by atoms with Gasteiger partial charge in [-0.3, -0.25) is 0 Å². The zero-order valence-corrected chi connectivity index (χ0v) is 15.4. The van der Waals surface area contributed by atoms with Gasteiger partial charge in [0.05, 0.1) is 12.2 Å². The molecule has 1 spiro atoms. The monoisotopic (exact) mass is 323 g/mol. The van der Waals surface area contributed by atoms with Crippen LogP contribution in [-0.4, -0.2) is 85.8 Å². The van der Waals surface area contributed by atoms with Gasteiger partial charge in [-0.2, -0.15) is 0 Å². The van der Waals surface area contributed by atoms with Crippen LogP contribution in [0, 0.1) is 5.92 Å². The summed E-state index contributed by atoms with van der Waals surface area (Å²) in [6.45, 7) is 16.7. The Morgan fingerprint density at radius 3 is 1.96 bits per heavy atom. The Kier molecular flexibility index (Phi) is 6.36. The van der Waals surface area contributed by atoms with Crippen molar-refractivity contribution < 1.29 is 4.74 Å². The third-order valence-corrected chi connectivity index (χ3v) is 6.58. The number of nitrogens with zero attached hydrogens (tertiary/aromatic N) is 3. The second kappa shape index (κ2) is 8.28. The quantitative estimate of drug-likeness (QED) is 0.790. The molecule has 3 saturated heterocycles. The van der Waals surface area contributed by atoms with Gasteiger partial charge in [0.15, 0.2) is 0 Å². The van der Waals surface area contributed by atoms with E-state index in [4.69, 9.17) is 4.74 Å². The van der Waals surface area contributed by atoms with Crippen molar-refractivity contribution in [2.24, 2.45) is 5.92 Å². The predicted molar refractivity (Wildman–Crippen MR) is 95.9 cm³/mol. The average Bonchev–Trinajstić information content (AvgIpc) is 2.79. The molecule has 0 aromatic heterocycles. The van der Waals surface area contributed by atoms with E-state index in [9.17, 15) is 0 Å². The molecule has 0 bridgehead atoms. The first-order valence-electron chi connectivity index (χ1n) is 10.0. The number of ether oxygens (including phenoxy) is 1. The highest BCUT2D eigenvalue weighted by molar-refractivity contribution is 4.90. The van der Waals surface area contributed by atoms with Gasteiger partial charge < -0.3 is 19.4 Å². The second-order valence-electron chi connectivity index (χ2n) is 7.89. The van der Waals surface area contributed by atoms with E-state index >= 15 is 0 Å². The van der Waals surface area contributed by atoms with Crippen LogP contribution in [0.1, 0.15) is 46.0 Å². The number of hydrogen-bond acceptors (Lipinski definition) is 4. The van der Waals surface area contributed by atoms with Gasteiger partial charge in [-0.15, -0.1) is 0 Å². The molecule has 134 valence electrons. The van der Waals surface area contributed by atoms with Crippen molar-refractivity contribution in [1.82, 2.24) is 14.7 Å². The van der Waals surface area contributed by atoms with Crippen LogP contribution in [0.15, 0.2) is 0 Å². The highest BCUT2D eigenvalue weighted by Gasteiger charge is 2.37. The van der Waals surface area contributed by atoms with Crippen LogP contribution in [0.3, 0.4) is 0 Å². The number of rotatable bonds is 4. The maximum Gasteiger partial charge on any atom is 0.0719 e. The van der Waals surface area contributed by atoms with Crippen LogP contribution in [-0.2, 0) is 4.74 Å². The molecule has 0 amide bonds. The molecule has 3 aliphatic rings. The van der Waals surface area contributed by atoms with Crippen LogP contribution >= 0.6 is 0 Å². The van der Waals surface area contributed by atoms with Gasteiger partial charge in [0.25, 0.3) is 0 Å². The lowest BCUT2D eigenvalue weighted by atomic mass is 9.87. The van der Waals surface area contributed by atoms with Crippen LogP contribution in [0.5, 0.6) is 0 Å². The van der Waals surface area contributed by atoms with Crippen molar-refractivity contribution in [1.29, 1.82) is 0 Å². The van der Waals surface area contributed by atoms with Crippen molar-refractivity contribution >= 4 is 0 Å². The molecule has 3 rings (SSSR count). The normalized spacial score (nSPS) is 29.0. The Morgan fingerprint density at radius 1 is 0.783 bits per heavy atom. The van der Waals surface area contributed by atoms with E-state index < -0.39 is 0 Å². The molecular weight excluding hydrogens is 286 g/mol. The summed E-state index contributed by atoms with van der Waals surface area (Å²) in [7, 11) is 0. The SMILES string of the molecule is CCN1CCC(CN2CCOC3(CCN(CC)CC3)CC2)CC1. The number of piperidine rings is 2. The Bertz CT molecular complexity index is 347. The summed E-state index contributed by atoms with van der Waals surface area (Å²) >= 11 is 0.